The summed E-state index contributed by atoms with van der Waals surface area (Å²) < 4.78 is 19.3. The Labute approximate surface area is 164 Å². The molecule has 0 saturated heterocycles. The van der Waals surface area contributed by atoms with Crippen LogP contribution in [0, 0.1) is 10.8 Å². The van der Waals surface area contributed by atoms with Gasteiger partial charge >= 0.3 is 0 Å². The molecular weight excluding hydrogens is 340 g/mol. The fourth-order valence-electron chi connectivity index (χ4n) is 4.75. The molecule has 0 radical (unpaired) electrons. The van der Waals surface area contributed by atoms with Crippen molar-refractivity contribution in [3.05, 3.63) is 0 Å². The van der Waals surface area contributed by atoms with Gasteiger partial charge in [-0.2, -0.15) is 0 Å². The summed E-state index contributed by atoms with van der Waals surface area (Å²) in [4.78, 5) is 4.17. The van der Waals surface area contributed by atoms with Gasteiger partial charge in [-0.3, -0.25) is 0 Å². The third-order valence-electron chi connectivity index (χ3n) is 7.22. The van der Waals surface area contributed by atoms with Crippen LogP contribution in [0.3, 0.4) is 0 Å². The van der Waals surface area contributed by atoms with Gasteiger partial charge in [-0.1, -0.05) is 13.8 Å². The number of nitrogens with zero attached hydrogens (tertiary/aromatic N) is 1. The van der Waals surface area contributed by atoms with E-state index in [4.69, 9.17) is 19.6 Å². The molecule has 0 aromatic rings. The normalized spacial score (nSPS) is 45.7. The van der Waals surface area contributed by atoms with E-state index in [2.05, 4.69) is 66.4 Å². The fraction of sp³-hybridized carbons (Fsp3) is 0.955. The van der Waals surface area contributed by atoms with Crippen LogP contribution in [0.15, 0.2) is 4.99 Å². The molecule has 3 saturated carbocycles. The molecule has 3 aliphatic carbocycles. The quantitative estimate of drug-likeness (QED) is 0.575. The minimum absolute atomic E-state index is 0.174. The van der Waals surface area contributed by atoms with Crippen LogP contribution in [-0.2, 0) is 14.2 Å². The number of rotatable bonds is 9. The summed E-state index contributed by atoms with van der Waals surface area (Å²) in [6, 6.07) is 2.19. The summed E-state index contributed by atoms with van der Waals surface area (Å²) in [5.74, 6) is 0. The standard InChI is InChI=1S/C22H38N2O3/c1-15(25-16-11-17(16,2)3)10-18(4,5)26-21(8)13-22(21,9)27-20(7)12-19(20,6)24-14-23/h15-16,23H,10-13H2,1-9H3. The van der Waals surface area contributed by atoms with Gasteiger partial charge in [0.1, 0.15) is 5.54 Å². The number of hydrogen-bond donors (Lipinski definition) is 1. The first kappa shape index (κ1) is 21.0. The summed E-state index contributed by atoms with van der Waals surface area (Å²) in [7, 11) is 0. The molecular formula is C22H38N2O3. The van der Waals surface area contributed by atoms with Gasteiger partial charge in [0, 0.05) is 19.3 Å². The Balaban J connectivity index is 1.55. The van der Waals surface area contributed by atoms with Gasteiger partial charge in [0.25, 0.3) is 0 Å². The molecule has 3 rings (SSSR count). The molecule has 27 heavy (non-hydrogen) atoms. The molecule has 1 N–H and O–H groups in total. The van der Waals surface area contributed by atoms with Crippen LogP contribution in [0.1, 0.15) is 88.0 Å². The molecule has 5 heteroatoms. The predicted molar refractivity (Wildman–Crippen MR) is 107 cm³/mol. The second-order valence-corrected chi connectivity index (χ2v) is 11.3. The van der Waals surface area contributed by atoms with E-state index in [0.717, 1.165) is 25.7 Å². The Morgan fingerprint density at radius 3 is 2.19 bits per heavy atom. The first-order chi connectivity index (χ1) is 12.1. The first-order valence-electron chi connectivity index (χ1n) is 10.3. The predicted octanol–water partition coefficient (Wildman–Crippen LogP) is 4.99. The molecule has 0 aliphatic heterocycles. The highest BCUT2D eigenvalue weighted by molar-refractivity contribution is 5.41. The Morgan fingerprint density at radius 1 is 1.07 bits per heavy atom. The lowest BCUT2D eigenvalue weighted by atomic mass is 10.0. The largest absolute Gasteiger partial charge is 0.375 e. The summed E-state index contributed by atoms with van der Waals surface area (Å²) in [5.41, 5.74) is -1.26. The Kier molecular flexibility index (Phi) is 4.57. The van der Waals surface area contributed by atoms with Crippen molar-refractivity contribution in [3.8, 4) is 0 Å². The highest BCUT2D eigenvalue weighted by Gasteiger charge is 2.73. The maximum absolute atomic E-state index is 7.15. The maximum atomic E-state index is 7.15. The Bertz CT molecular complexity index is 670. The monoisotopic (exact) mass is 378 g/mol. The van der Waals surface area contributed by atoms with Crippen LogP contribution in [0.5, 0.6) is 0 Å². The topological polar surface area (TPSA) is 63.9 Å². The smallest absolute Gasteiger partial charge is 0.100 e. The van der Waals surface area contributed by atoms with E-state index in [0.29, 0.717) is 11.5 Å². The van der Waals surface area contributed by atoms with Crippen molar-refractivity contribution < 1.29 is 14.2 Å². The molecule has 0 bridgehead atoms. The zero-order chi connectivity index (χ0) is 20.5. The summed E-state index contributed by atoms with van der Waals surface area (Å²) in [5, 5.41) is 7.15. The van der Waals surface area contributed by atoms with E-state index in [9.17, 15) is 0 Å². The van der Waals surface area contributed by atoms with E-state index in [1.165, 1.54) is 0 Å². The summed E-state index contributed by atoms with van der Waals surface area (Å²) >= 11 is 0. The Morgan fingerprint density at radius 2 is 1.67 bits per heavy atom. The van der Waals surface area contributed by atoms with Crippen molar-refractivity contribution in [1.82, 2.24) is 0 Å². The molecule has 0 amide bonds. The SMILES string of the molecule is CC(CC(C)(C)OC1(C)CC1(C)OC1(C)CC1(C)N=C=N)OC1CC1(C)C. The van der Waals surface area contributed by atoms with Gasteiger partial charge in [0.05, 0.1) is 40.6 Å². The van der Waals surface area contributed by atoms with Gasteiger partial charge in [-0.05, 0) is 60.3 Å². The average Bonchev–Trinajstić information content (AvgIpc) is 3.29. The van der Waals surface area contributed by atoms with Crippen LogP contribution in [0.2, 0.25) is 0 Å². The van der Waals surface area contributed by atoms with E-state index in [1.54, 1.807) is 0 Å². The Hall–Kier alpha value is -0.740. The lowest BCUT2D eigenvalue weighted by molar-refractivity contribution is -0.157. The highest BCUT2D eigenvalue weighted by Crippen LogP contribution is 2.63. The molecule has 3 aliphatic rings. The van der Waals surface area contributed by atoms with E-state index in [-0.39, 0.29) is 34.0 Å². The van der Waals surface area contributed by atoms with Crippen molar-refractivity contribution in [2.45, 2.75) is 128 Å². The third-order valence-corrected chi connectivity index (χ3v) is 7.22. The maximum Gasteiger partial charge on any atom is 0.100 e. The second kappa shape index (κ2) is 5.89. The van der Waals surface area contributed by atoms with Crippen LogP contribution in [-0.4, -0.2) is 46.2 Å². The van der Waals surface area contributed by atoms with Gasteiger partial charge < -0.3 is 14.2 Å². The molecule has 6 unspecified atom stereocenters. The molecule has 3 fully saturated rings. The molecule has 0 spiro atoms. The van der Waals surface area contributed by atoms with Gasteiger partial charge in [0.2, 0.25) is 0 Å². The van der Waals surface area contributed by atoms with E-state index in [1.807, 2.05) is 6.92 Å². The minimum atomic E-state index is -0.338. The number of ether oxygens (including phenoxy) is 3. The molecule has 0 heterocycles. The zero-order valence-corrected chi connectivity index (χ0v) is 18.7. The van der Waals surface area contributed by atoms with Crippen molar-refractivity contribution in [1.29, 1.82) is 5.41 Å². The van der Waals surface area contributed by atoms with Gasteiger partial charge in [0.15, 0.2) is 0 Å². The van der Waals surface area contributed by atoms with Crippen LogP contribution < -0.4 is 0 Å². The van der Waals surface area contributed by atoms with Crippen LogP contribution >= 0.6 is 0 Å². The molecule has 6 atom stereocenters. The van der Waals surface area contributed by atoms with Gasteiger partial charge in [-0.15, -0.1) is 0 Å². The zero-order valence-electron chi connectivity index (χ0n) is 18.7. The molecule has 0 aromatic heterocycles. The average molecular weight is 379 g/mol. The van der Waals surface area contributed by atoms with E-state index >= 15 is 0 Å². The number of hydrogen-bond acceptors (Lipinski definition) is 5. The van der Waals surface area contributed by atoms with Crippen LogP contribution in [0.4, 0.5) is 0 Å². The lowest BCUT2D eigenvalue weighted by Gasteiger charge is -2.35. The van der Waals surface area contributed by atoms with Crippen molar-refractivity contribution in [2.75, 3.05) is 0 Å². The molecule has 0 aromatic carbocycles. The summed E-state index contributed by atoms with van der Waals surface area (Å²) in [6.45, 7) is 19.4. The highest BCUT2D eigenvalue weighted by atomic mass is 16.6. The van der Waals surface area contributed by atoms with E-state index < -0.39 is 0 Å². The molecule has 154 valence electrons. The third kappa shape index (κ3) is 3.89. The van der Waals surface area contributed by atoms with Gasteiger partial charge in [-0.25, -0.2) is 10.4 Å². The van der Waals surface area contributed by atoms with Crippen molar-refractivity contribution in [3.63, 3.8) is 0 Å². The van der Waals surface area contributed by atoms with Crippen LogP contribution in [0.25, 0.3) is 0 Å². The second-order valence-electron chi connectivity index (χ2n) is 11.3. The van der Waals surface area contributed by atoms with Crippen molar-refractivity contribution in [2.24, 2.45) is 10.4 Å². The minimum Gasteiger partial charge on any atom is -0.375 e. The lowest BCUT2D eigenvalue weighted by Crippen LogP contribution is -2.40. The summed E-state index contributed by atoms with van der Waals surface area (Å²) in [6.07, 6.45) is 4.26. The number of nitrogens with one attached hydrogen (secondary N) is 1. The fourth-order valence-corrected chi connectivity index (χ4v) is 4.75. The van der Waals surface area contributed by atoms with Crippen molar-refractivity contribution >= 4 is 6.01 Å². The number of aliphatic imine (C=N–C) groups is 1. The molecule has 5 nitrogen and oxygen atoms in total. The first-order valence-corrected chi connectivity index (χ1v) is 10.3.